The number of fused-ring (bicyclic) bond motifs is 3. The van der Waals surface area contributed by atoms with E-state index in [0.29, 0.717) is 55.4 Å². The first-order valence-electron chi connectivity index (χ1n) is 26.1. The summed E-state index contributed by atoms with van der Waals surface area (Å²) >= 11 is 1.68. The second kappa shape index (κ2) is 25.5. The van der Waals surface area contributed by atoms with Crippen molar-refractivity contribution in [2.24, 2.45) is 22.9 Å². The van der Waals surface area contributed by atoms with Crippen LogP contribution >= 0.6 is 11.8 Å². The number of amides is 1. The van der Waals surface area contributed by atoms with Crippen LogP contribution in [0.5, 0.6) is 17.2 Å². The third kappa shape index (κ3) is 12.3. The van der Waals surface area contributed by atoms with E-state index in [1.165, 1.54) is 0 Å². The summed E-state index contributed by atoms with van der Waals surface area (Å²) in [6.45, 7) is 5.76. The highest BCUT2D eigenvalue weighted by atomic mass is 32.2. The Labute approximate surface area is 434 Å². The van der Waals surface area contributed by atoms with E-state index in [1.54, 1.807) is 22.7 Å². The lowest BCUT2D eigenvalue weighted by atomic mass is 9.55. The molecule has 7 atom stereocenters. The first kappa shape index (κ1) is 52.2. The first-order chi connectivity index (χ1) is 35.9. The van der Waals surface area contributed by atoms with E-state index in [-0.39, 0.29) is 63.8 Å². The van der Waals surface area contributed by atoms with Crippen molar-refractivity contribution in [3.05, 3.63) is 156 Å². The monoisotopic (exact) mass is 1010 g/mol. The summed E-state index contributed by atoms with van der Waals surface area (Å²) in [5.41, 5.74) is 4.53. The van der Waals surface area contributed by atoms with Crippen LogP contribution in [0.1, 0.15) is 86.8 Å². The maximum atomic E-state index is 15.4. The largest absolute Gasteiger partial charge is 0.459 e. The summed E-state index contributed by atoms with van der Waals surface area (Å²) in [5, 5.41) is 27.3. The van der Waals surface area contributed by atoms with Gasteiger partial charge in [0.2, 0.25) is 12.1 Å². The molecule has 0 bridgehead atoms. The number of rotatable bonds is 24. The molecule has 5 aromatic rings. The van der Waals surface area contributed by atoms with Gasteiger partial charge < -0.3 is 43.5 Å². The van der Waals surface area contributed by atoms with Gasteiger partial charge in [0.05, 0.1) is 44.6 Å². The number of aliphatic hydroxyl groups excluding tert-OH is 2. The van der Waals surface area contributed by atoms with Crippen LogP contribution in [0.15, 0.2) is 150 Å². The van der Waals surface area contributed by atoms with Crippen LogP contribution in [-0.4, -0.2) is 90.9 Å². The Morgan fingerprint density at radius 1 is 0.890 bits per heavy atom. The molecule has 1 saturated heterocycles. The number of carbonyl (C=O) groups excluding carboxylic acids is 1. The summed E-state index contributed by atoms with van der Waals surface area (Å²) < 4.78 is 39.9. The number of hydrogen-bond donors (Lipinski definition) is 2. The van der Waals surface area contributed by atoms with Crippen molar-refractivity contribution >= 4 is 34.3 Å². The standard InChI is InChI=1S/C60H70N2O10S/c1-3-33-69-60-55(62(40-45-21-15-20-43-18-7-8-22-49(43)45)59(65)68-36-35-66-41-42-16-5-4-6-17-42)39-53(61-72-56-24-11-14-34-67-56)51-37-44(19-9-12-31-63)50(23-10-13-32-64)57(58(51)60)52-38-47(27-30-54(52)71-60)70-46-25-28-48(73-2)29-26-46/h3-8,15-18,20-22,25-30,37-38,44,50,55-58,63-64H,1,9-14,19,23-24,31-36,39-41H2,2H3/t44-,50+,55-,56?,57+,58+,60+/m0/s1. The number of nitrogens with zero attached hydrogens (tertiary/aromatic N) is 2. The van der Waals surface area contributed by atoms with Crippen LogP contribution in [0.25, 0.3) is 10.8 Å². The summed E-state index contributed by atoms with van der Waals surface area (Å²) in [6, 6.07) is 37.5. The average Bonchev–Trinajstić information content (AvgIpc) is 3.43. The van der Waals surface area contributed by atoms with Crippen LogP contribution in [0, 0.1) is 17.8 Å². The molecule has 0 aromatic heterocycles. The Kier molecular flexibility index (Phi) is 18.2. The van der Waals surface area contributed by atoms with Crippen LogP contribution in [-0.2, 0) is 36.9 Å². The van der Waals surface area contributed by atoms with Crippen molar-refractivity contribution in [1.29, 1.82) is 0 Å². The van der Waals surface area contributed by atoms with E-state index in [1.807, 2.05) is 72.8 Å². The molecule has 9 rings (SSSR count). The Morgan fingerprint density at radius 2 is 1.67 bits per heavy atom. The molecule has 4 aliphatic rings. The highest BCUT2D eigenvalue weighted by Crippen LogP contribution is 2.62. The Morgan fingerprint density at radius 3 is 2.45 bits per heavy atom. The molecule has 13 heteroatoms. The van der Waals surface area contributed by atoms with E-state index in [9.17, 15) is 10.2 Å². The van der Waals surface area contributed by atoms with Gasteiger partial charge in [-0.05, 0) is 127 Å². The fourth-order valence-corrected chi connectivity index (χ4v) is 11.8. The zero-order valence-electron chi connectivity index (χ0n) is 42.0. The highest BCUT2D eigenvalue weighted by Gasteiger charge is 2.66. The van der Waals surface area contributed by atoms with Gasteiger partial charge in [0, 0.05) is 42.4 Å². The Hall–Kier alpha value is -5.67. The first-order valence-corrected chi connectivity index (χ1v) is 27.3. The topological polar surface area (TPSA) is 138 Å². The molecule has 2 aliphatic carbocycles. The molecule has 2 heterocycles. The Balaban J connectivity index is 1.20. The molecule has 386 valence electrons. The highest BCUT2D eigenvalue weighted by molar-refractivity contribution is 7.98. The lowest BCUT2D eigenvalue weighted by Gasteiger charge is -2.60. The molecule has 2 aliphatic heterocycles. The van der Waals surface area contributed by atoms with Gasteiger partial charge in [-0.3, -0.25) is 4.90 Å². The van der Waals surface area contributed by atoms with Gasteiger partial charge in [-0.1, -0.05) is 103 Å². The summed E-state index contributed by atoms with van der Waals surface area (Å²) in [5.74, 6) is -0.221. The van der Waals surface area contributed by atoms with Crippen molar-refractivity contribution in [3.63, 3.8) is 0 Å². The SMILES string of the molecule is C=CCO[C@@]12Oc3ccc(Oc4ccc(SC)cc4)cc3[C@H]3[C@H](CCCCO)[C@@H](CCCCO)C=C(C(=NOC4CCCCO4)C[C@@H]1N(Cc1cccc4ccccc14)C(=O)OCCOCc1ccccc1)[C@H]32. The summed E-state index contributed by atoms with van der Waals surface area (Å²) in [4.78, 5) is 24.7. The van der Waals surface area contributed by atoms with Crippen LogP contribution < -0.4 is 9.47 Å². The van der Waals surface area contributed by atoms with Gasteiger partial charge in [0.1, 0.15) is 29.9 Å². The second-order valence-corrected chi connectivity index (χ2v) is 20.3. The number of carbonyl (C=O) groups is 1. The molecule has 0 spiro atoms. The molecule has 1 amide bonds. The van der Waals surface area contributed by atoms with Gasteiger partial charge in [0.25, 0.3) is 0 Å². The Bertz CT molecular complexity index is 2650. The van der Waals surface area contributed by atoms with E-state index in [4.69, 9.17) is 38.4 Å². The number of allylic oxidation sites excluding steroid dienone is 1. The average molecular weight is 1010 g/mol. The predicted molar refractivity (Wildman–Crippen MR) is 285 cm³/mol. The third-order valence-electron chi connectivity index (χ3n) is 14.8. The molecule has 2 N–H and O–H groups in total. The fraction of sp³-hybridized carbons (Fsp3) is 0.433. The fourth-order valence-electron chi connectivity index (χ4n) is 11.4. The zero-order valence-corrected chi connectivity index (χ0v) is 42.8. The van der Waals surface area contributed by atoms with Crippen molar-refractivity contribution < 1.29 is 48.3 Å². The quantitative estimate of drug-likeness (QED) is 0.0264. The number of hydrogen-bond acceptors (Lipinski definition) is 12. The van der Waals surface area contributed by atoms with Crippen molar-refractivity contribution in [3.8, 4) is 17.2 Å². The molecule has 5 aromatic carbocycles. The van der Waals surface area contributed by atoms with E-state index in [2.05, 4.69) is 61.4 Å². The van der Waals surface area contributed by atoms with E-state index < -0.39 is 30.1 Å². The lowest BCUT2D eigenvalue weighted by Crippen LogP contribution is -2.70. The minimum Gasteiger partial charge on any atom is -0.459 e. The number of oxime groups is 1. The molecule has 1 saturated carbocycles. The summed E-state index contributed by atoms with van der Waals surface area (Å²) in [6.07, 6.45) is 12.4. The number of thioether (sulfide) groups is 1. The van der Waals surface area contributed by atoms with E-state index in [0.717, 1.165) is 76.5 Å². The van der Waals surface area contributed by atoms with Crippen LogP contribution in [0.3, 0.4) is 0 Å². The molecular formula is C60H70N2O10S. The molecule has 12 nitrogen and oxygen atoms in total. The number of benzene rings is 5. The van der Waals surface area contributed by atoms with Crippen LogP contribution in [0.4, 0.5) is 4.79 Å². The molecule has 0 radical (unpaired) electrons. The lowest BCUT2D eigenvalue weighted by molar-refractivity contribution is -0.256. The van der Waals surface area contributed by atoms with Crippen molar-refractivity contribution in [1.82, 2.24) is 4.90 Å². The molecule has 1 unspecified atom stereocenters. The normalized spacial score (nSPS) is 23.7. The van der Waals surface area contributed by atoms with E-state index >= 15 is 4.79 Å². The van der Waals surface area contributed by atoms with Gasteiger partial charge in [-0.25, -0.2) is 4.79 Å². The van der Waals surface area contributed by atoms with Gasteiger partial charge in [-0.15, -0.1) is 18.3 Å². The number of aliphatic hydroxyl groups is 2. The molecule has 2 fully saturated rings. The second-order valence-electron chi connectivity index (χ2n) is 19.4. The van der Waals surface area contributed by atoms with Crippen molar-refractivity contribution in [2.45, 2.75) is 106 Å². The smallest absolute Gasteiger partial charge is 0.410 e. The minimum absolute atomic E-state index is 0.0140. The molecular weight excluding hydrogens is 941 g/mol. The van der Waals surface area contributed by atoms with Gasteiger partial charge in [-0.2, -0.15) is 0 Å². The van der Waals surface area contributed by atoms with Crippen LogP contribution in [0.2, 0.25) is 0 Å². The van der Waals surface area contributed by atoms with Crippen molar-refractivity contribution in [2.75, 3.05) is 45.9 Å². The zero-order chi connectivity index (χ0) is 50.4. The van der Waals surface area contributed by atoms with Gasteiger partial charge >= 0.3 is 6.09 Å². The van der Waals surface area contributed by atoms with Gasteiger partial charge in [0.15, 0.2) is 0 Å². The molecule has 73 heavy (non-hydrogen) atoms. The number of unbranched alkanes of at least 4 members (excludes halogenated alkanes) is 2. The summed E-state index contributed by atoms with van der Waals surface area (Å²) in [7, 11) is 0. The third-order valence-corrected chi connectivity index (χ3v) is 15.5. The number of ether oxygens (including phenoxy) is 6. The predicted octanol–water partition coefficient (Wildman–Crippen LogP) is 12.4. The minimum atomic E-state index is -1.51. The maximum absolute atomic E-state index is 15.4. The maximum Gasteiger partial charge on any atom is 0.410 e.